The van der Waals surface area contributed by atoms with Gasteiger partial charge in [0.15, 0.2) is 0 Å². The Balaban J connectivity index is 1.72. The van der Waals surface area contributed by atoms with Crippen LogP contribution in [-0.4, -0.2) is 22.0 Å². The Morgan fingerprint density at radius 1 is 1.37 bits per heavy atom. The second-order valence-corrected chi connectivity index (χ2v) is 4.33. The van der Waals surface area contributed by atoms with Gasteiger partial charge in [-0.25, -0.2) is 4.98 Å². The molecule has 0 saturated carbocycles. The van der Waals surface area contributed by atoms with Gasteiger partial charge in [-0.3, -0.25) is 4.79 Å². The lowest BCUT2D eigenvalue weighted by molar-refractivity contribution is -0.122. The number of amides is 1. The van der Waals surface area contributed by atoms with Gasteiger partial charge in [-0.1, -0.05) is 30.3 Å². The topological polar surface area (TPSA) is 72.9 Å². The van der Waals surface area contributed by atoms with Gasteiger partial charge in [-0.05, 0) is 12.0 Å². The minimum absolute atomic E-state index is 0.142. The van der Waals surface area contributed by atoms with Crippen molar-refractivity contribution < 1.29 is 4.79 Å². The zero-order valence-corrected chi connectivity index (χ0v) is 10.7. The predicted molar refractivity (Wildman–Crippen MR) is 73.2 cm³/mol. The first-order chi connectivity index (χ1) is 9.27. The maximum atomic E-state index is 11.8. The molecule has 0 fully saturated rings. The monoisotopic (exact) mass is 258 g/mol. The summed E-state index contributed by atoms with van der Waals surface area (Å²) in [4.78, 5) is 15.8. The molecule has 1 atom stereocenters. The number of benzene rings is 1. The first-order valence-corrected chi connectivity index (χ1v) is 6.31. The summed E-state index contributed by atoms with van der Waals surface area (Å²) in [6.45, 7) is 1.44. The summed E-state index contributed by atoms with van der Waals surface area (Å²) in [5.74, 6) is -0.142. The van der Waals surface area contributed by atoms with E-state index in [0.29, 0.717) is 6.54 Å². The molecule has 0 aliphatic carbocycles. The van der Waals surface area contributed by atoms with Crippen LogP contribution in [0.4, 0.5) is 0 Å². The van der Waals surface area contributed by atoms with Crippen LogP contribution in [0.15, 0.2) is 49.1 Å². The summed E-state index contributed by atoms with van der Waals surface area (Å²) in [7, 11) is 0. The highest BCUT2D eigenvalue weighted by atomic mass is 16.2. The van der Waals surface area contributed by atoms with E-state index in [0.717, 1.165) is 18.5 Å². The Bertz CT molecular complexity index is 495. The van der Waals surface area contributed by atoms with Crippen LogP contribution in [-0.2, 0) is 11.3 Å². The van der Waals surface area contributed by atoms with Crippen molar-refractivity contribution >= 4 is 5.91 Å². The molecule has 2 rings (SSSR count). The number of carbonyl (C=O) groups is 1. The number of nitrogens with one attached hydrogen (secondary N) is 1. The van der Waals surface area contributed by atoms with Crippen LogP contribution in [0.5, 0.6) is 0 Å². The zero-order valence-electron chi connectivity index (χ0n) is 10.7. The fourth-order valence-corrected chi connectivity index (χ4v) is 1.81. The number of nitrogens with zero attached hydrogens (tertiary/aromatic N) is 2. The van der Waals surface area contributed by atoms with Gasteiger partial charge in [-0.15, -0.1) is 0 Å². The third-order valence-electron chi connectivity index (χ3n) is 2.89. The molecule has 2 aromatic rings. The van der Waals surface area contributed by atoms with Crippen LogP contribution in [0.25, 0.3) is 0 Å². The molecule has 0 bridgehead atoms. The molecule has 1 aromatic heterocycles. The first kappa shape index (κ1) is 13.3. The van der Waals surface area contributed by atoms with Crippen LogP contribution < -0.4 is 11.1 Å². The van der Waals surface area contributed by atoms with E-state index in [4.69, 9.17) is 5.73 Å². The summed E-state index contributed by atoms with van der Waals surface area (Å²) in [6.07, 6.45) is 6.25. The lowest BCUT2D eigenvalue weighted by Gasteiger charge is -2.12. The smallest absolute Gasteiger partial charge is 0.241 e. The molecule has 0 radical (unpaired) electrons. The molecule has 0 spiro atoms. The van der Waals surface area contributed by atoms with Gasteiger partial charge in [0.05, 0.1) is 6.33 Å². The van der Waals surface area contributed by atoms with Crippen molar-refractivity contribution in [2.45, 2.75) is 19.0 Å². The van der Waals surface area contributed by atoms with Gasteiger partial charge < -0.3 is 15.6 Å². The second kappa shape index (κ2) is 6.70. The van der Waals surface area contributed by atoms with E-state index in [1.165, 1.54) is 0 Å². The zero-order chi connectivity index (χ0) is 13.5. The van der Waals surface area contributed by atoms with E-state index in [-0.39, 0.29) is 5.91 Å². The average molecular weight is 258 g/mol. The lowest BCUT2D eigenvalue weighted by atomic mass is 10.1. The molecular formula is C14H18N4O. The molecule has 1 amide bonds. The molecule has 1 heterocycles. The maximum absolute atomic E-state index is 11.8. The lowest BCUT2D eigenvalue weighted by Crippen LogP contribution is -2.34. The summed E-state index contributed by atoms with van der Waals surface area (Å²) in [5, 5.41) is 2.85. The van der Waals surface area contributed by atoms with E-state index in [9.17, 15) is 4.79 Å². The van der Waals surface area contributed by atoms with E-state index in [2.05, 4.69) is 10.3 Å². The Labute approximate surface area is 112 Å². The summed E-state index contributed by atoms with van der Waals surface area (Å²) < 4.78 is 1.98. The van der Waals surface area contributed by atoms with Gasteiger partial charge in [0.1, 0.15) is 6.04 Å². The Hall–Kier alpha value is -2.14. The number of nitrogens with two attached hydrogens (primary N) is 1. The number of aromatic nitrogens is 2. The average Bonchev–Trinajstić information content (AvgIpc) is 2.96. The number of aryl methyl sites for hydroxylation is 1. The second-order valence-electron chi connectivity index (χ2n) is 4.33. The molecule has 0 aliphatic rings. The largest absolute Gasteiger partial charge is 0.354 e. The van der Waals surface area contributed by atoms with Crippen molar-refractivity contribution in [3.63, 3.8) is 0 Å². The fraction of sp³-hybridized carbons (Fsp3) is 0.286. The van der Waals surface area contributed by atoms with Crippen LogP contribution in [0.3, 0.4) is 0 Å². The SMILES string of the molecule is N[C@@H](C(=O)NCCCn1ccnc1)c1ccccc1. The summed E-state index contributed by atoms with van der Waals surface area (Å²) in [6, 6.07) is 8.77. The van der Waals surface area contributed by atoms with Gasteiger partial charge in [0, 0.05) is 25.5 Å². The highest BCUT2D eigenvalue weighted by molar-refractivity contribution is 5.82. The van der Waals surface area contributed by atoms with Crippen LogP contribution >= 0.6 is 0 Å². The molecule has 3 N–H and O–H groups in total. The molecule has 1 aromatic carbocycles. The molecule has 100 valence electrons. The van der Waals surface area contributed by atoms with E-state index >= 15 is 0 Å². The molecular weight excluding hydrogens is 240 g/mol. The number of carbonyl (C=O) groups excluding carboxylic acids is 1. The maximum Gasteiger partial charge on any atom is 0.241 e. The highest BCUT2D eigenvalue weighted by Crippen LogP contribution is 2.08. The molecule has 5 heteroatoms. The van der Waals surface area contributed by atoms with Crippen LogP contribution in [0.1, 0.15) is 18.0 Å². The Kier molecular flexibility index (Phi) is 4.69. The van der Waals surface area contributed by atoms with Gasteiger partial charge in [-0.2, -0.15) is 0 Å². The van der Waals surface area contributed by atoms with Gasteiger partial charge in [0.2, 0.25) is 5.91 Å². The van der Waals surface area contributed by atoms with Crippen molar-refractivity contribution in [1.82, 2.24) is 14.9 Å². The Morgan fingerprint density at radius 2 is 2.16 bits per heavy atom. The summed E-state index contributed by atoms with van der Waals surface area (Å²) >= 11 is 0. The minimum Gasteiger partial charge on any atom is -0.354 e. The summed E-state index contributed by atoms with van der Waals surface area (Å²) in [5.41, 5.74) is 6.72. The molecule has 0 saturated heterocycles. The molecule has 19 heavy (non-hydrogen) atoms. The normalized spacial score (nSPS) is 12.1. The third kappa shape index (κ3) is 3.93. The quantitative estimate of drug-likeness (QED) is 0.762. The first-order valence-electron chi connectivity index (χ1n) is 6.31. The van der Waals surface area contributed by atoms with Gasteiger partial charge >= 0.3 is 0 Å². The fourth-order valence-electron chi connectivity index (χ4n) is 1.81. The van der Waals surface area contributed by atoms with Crippen molar-refractivity contribution in [2.24, 2.45) is 5.73 Å². The van der Waals surface area contributed by atoms with Crippen LogP contribution in [0.2, 0.25) is 0 Å². The highest BCUT2D eigenvalue weighted by Gasteiger charge is 2.14. The number of hydrogen-bond acceptors (Lipinski definition) is 3. The number of hydrogen-bond donors (Lipinski definition) is 2. The van der Waals surface area contributed by atoms with E-state index in [1.807, 2.05) is 41.1 Å². The van der Waals surface area contributed by atoms with Crippen molar-refractivity contribution in [2.75, 3.05) is 6.54 Å². The standard InChI is InChI=1S/C14H18N4O/c15-13(12-5-2-1-3-6-12)14(19)17-7-4-9-18-10-8-16-11-18/h1-3,5-6,8,10-11,13H,4,7,9,15H2,(H,17,19)/t13-/m1/s1. The minimum atomic E-state index is -0.602. The van der Waals surface area contributed by atoms with E-state index in [1.54, 1.807) is 12.5 Å². The number of rotatable bonds is 6. The Morgan fingerprint density at radius 3 is 2.84 bits per heavy atom. The molecule has 5 nitrogen and oxygen atoms in total. The third-order valence-corrected chi connectivity index (χ3v) is 2.89. The van der Waals surface area contributed by atoms with E-state index < -0.39 is 6.04 Å². The molecule has 0 unspecified atom stereocenters. The predicted octanol–water partition coefficient (Wildman–Crippen LogP) is 1.09. The van der Waals surface area contributed by atoms with Gasteiger partial charge in [0.25, 0.3) is 0 Å². The number of imidazole rings is 1. The van der Waals surface area contributed by atoms with Crippen molar-refractivity contribution in [3.8, 4) is 0 Å². The molecule has 0 aliphatic heterocycles. The van der Waals surface area contributed by atoms with Crippen molar-refractivity contribution in [3.05, 3.63) is 54.6 Å². The van der Waals surface area contributed by atoms with Crippen LogP contribution in [0, 0.1) is 0 Å². The van der Waals surface area contributed by atoms with Crippen molar-refractivity contribution in [1.29, 1.82) is 0 Å².